The molecule has 0 aliphatic heterocycles. The predicted octanol–water partition coefficient (Wildman–Crippen LogP) is 2.83. The molecular formula is C19H14F2N6O. The maximum Gasteiger partial charge on any atom is 0.228 e. The maximum atomic E-state index is 14.0. The summed E-state index contributed by atoms with van der Waals surface area (Å²) >= 11 is 0. The number of nitrogens with two attached hydrogens (primary N) is 1. The highest BCUT2D eigenvalue weighted by molar-refractivity contribution is 5.98. The Hall–Kier alpha value is -3.88. The van der Waals surface area contributed by atoms with Gasteiger partial charge in [-0.15, -0.1) is 5.10 Å². The first-order valence-electron chi connectivity index (χ1n) is 8.31. The molecule has 2 heterocycles. The summed E-state index contributed by atoms with van der Waals surface area (Å²) in [7, 11) is 0. The van der Waals surface area contributed by atoms with Crippen LogP contribution in [0.3, 0.4) is 0 Å². The van der Waals surface area contributed by atoms with Crippen LogP contribution in [0.15, 0.2) is 54.9 Å². The second-order valence-electron chi connectivity index (χ2n) is 6.04. The number of hydrogen-bond donors (Lipinski definition) is 2. The van der Waals surface area contributed by atoms with Gasteiger partial charge in [0.15, 0.2) is 17.3 Å². The second-order valence-corrected chi connectivity index (χ2v) is 6.04. The molecule has 0 aliphatic rings. The number of carbonyl (C=O) groups excluding carboxylic acids is 1. The number of aromatic nitrogens is 4. The summed E-state index contributed by atoms with van der Waals surface area (Å²) in [4.78, 5) is 20.7. The fourth-order valence-corrected chi connectivity index (χ4v) is 2.72. The third-order valence-electron chi connectivity index (χ3n) is 4.07. The Morgan fingerprint density at radius 3 is 2.61 bits per heavy atom. The predicted molar refractivity (Wildman–Crippen MR) is 99.3 cm³/mol. The monoisotopic (exact) mass is 380 g/mol. The van der Waals surface area contributed by atoms with Crippen molar-refractivity contribution in [2.24, 2.45) is 0 Å². The summed E-state index contributed by atoms with van der Waals surface area (Å²) in [6, 6.07) is 11.7. The zero-order valence-corrected chi connectivity index (χ0v) is 14.4. The van der Waals surface area contributed by atoms with E-state index in [0.717, 1.165) is 0 Å². The van der Waals surface area contributed by atoms with E-state index < -0.39 is 5.82 Å². The molecule has 0 atom stereocenters. The highest BCUT2D eigenvalue weighted by Gasteiger charge is 2.17. The quantitative estimate of drug-likeness (QED) is 0.567. The van der Waals surface area contributed by atoms with Gasteiger partial charge in [-0.3, -0.25) is 4.79 Å². The summed E-state index contributed by atoms with van der Waals surface area (Å²) in [6.45, 7) is 0. The fraction of sp³-hybridized carbons (Fsp3) is 0.0526. The van der Waals surface area contributed by atoms with Crippen LogP contribution in [0.5, 0.6) is 0 Å². The van der Waals surface area contributed by atoms with Crippen molar-refractivity contribution in [3.8, 4) is 11.4 Å². The molecule has 4 rings (SSSR count). The SMILES string of the molecule is Nc1ncn2nc(-c3ccccc3F)nc2c1NC(=O)Cc1ccc(F)cc1. The minimum atomic E-state index is -0.471. The van der Waals surface area contributed by atoms with Gasteiger partial charge >= 0.3 is 0 Å². The van der Waals surface area contributed by atoms with Crippen molar-refractivity contribution in [3.63, 3.8) is 0 Å². The maximum absolute atomic E-state index is 14.0. The number of amides is 1. The Balaban J connectivity index is 1.66. The average molecular weight is 380 g/mol. The van der Waals surface area contributed by atoms with Gasteiger partial charge in [-0.05, 0) is 29.8 Å². The van der Waals surface area contributed by atoms with Crippen molar-refractivity contribution >= 4 is 23.1 Å². The van der Waals surface area contributed by atoms with Gasteiger partial charge < -0.3 is 11.1 Å². The van der Waals surface area contributed by atoms with E-state index in [9.17, 15) is 13.6 Å². The number of halogens is 2. The number of benzene rings is 2. The number of nitrogen functional groups attached to an aromatic ring is 1. The lowest BCUT2D eigenvalue weighted by atomic mass is 10.1. The van der Waals surface area contributed by atoms with Crippen LogP contribution in [0.2, 0.25) is 0 Å². The first kappa shape index (κ1) is 17.5. The van der Waals surface area contributed by atoms with Crippen LogP contribution >= 0.6 is 0 Å². The van der Waals surface area contributed by atoms with E-state index in [1.165, 1.54) is 41.2 Å². The Labute approximate surface area is 157 Å². The number of nitrogens with one attached hydrogen (secondary N) is 1. The summed E-state index contributed by atoms with van der Waals surface area (Å²) in [5.41, 5.74) is 7.15. The second kappa shape index (κ2) is 7.03. The van der Waals surface area contributed by atoms with Crippen LogP contribution in [0.25, 0.3) is 17.0 Å². The molecule has 0 aliphatic carbocycles. The van der Waals surface area contributed by atoms with E-state index in [1.807, 2.05) is 0 Å². The van der Waals surface area contributed by atoms with Crippen LogP contribution in [0, 0.1) is 11.6 Å². The lowest BCUT2D eigenvalue weighted by Crippen LogP contribution is -2.17. The van der Waals surface area contributed by atoms with Gasteiger partial charge in [-0.25, -0.2) is 18.7 Å². The van der Waals surface area contributed by atoms with Gasteiger partial charge in [-0.1, -0.05) is 24.3 Å². The summed E-state index contributed by atoms with van der Waals surface area (Å²) in [6.07, 6.45) is 1.34. The highest BCUT2D eigenvalue weighted by Crippen LogP contribution is 2.25. The van der Waals surface area contributed by atoms with Crippen molar-refractivity contribution in [1.29, 1.82) is 0 Å². The first-order valence-corrected chi connectivity index (χ1v) is 8.31. The Morgan fingerprint density at radius 1 is 1.11 bits per heavy atom. The van der Waals surface area contributed by atoms with Gasteiger partial charge in [0.25, 0.3) is 0 Å². The number of fused-ring (bicyclic) bond motifs is 1. The van der Waals surface area contributed by atoms with Gasteiger partial charge in [0, 0.05) is 0 Å². The molecule has 140 valence electrons. The number of hydrogen-bond acceptors (Lipinski definition) is 5. The molecule has 2 aromatic heterocycles. The topological polar surface area (TPSA) is 98.2 Å². The Bertz CT molecular complexity index is 1170. The van der Waals surface area contributed by atoms with E-state index in [0.29, 0.717) is 5.56 Å². The number of carbonyl (C=O) groups is 1. The van der Waals surface area contributed by atoms with E-state index >= 15 is 0 Å². The standard InChI is InChI=1S/C19H14F2N6O/c20-12-7-5-11(6-8-12)9-15(28)24-16-17(22)23-10-27-19(16)25-18(26-27)13-3-1-2-4-14(13)21/h1-8,10H,9,22H2,(H,24,28). The van der Waals surface area contributed by atoms with E-state index in [-0.39, 0.29) is 46.7 Å². The number of nitrogens with zero attached hydrogens (tertiary/aromatic N) is 4. The van der Waals surface area contributed by atoms with Gasteiger partial charge in [0.1, 0.15) is 23.6 Å². The fourth-order valence-electron chi connectivity index (χ4n) is 2.72. The lowest BCUT2D eigenvalue weighted by molar-refractivity contribution is -0.115. The summed E-state index contributed by atoms with van der Waals surface area (Å²) in [5.74, 6) is -1.05. The van der Waals surface area contributed by atoms with Crippen molar-refractivity contribution in [3.05, 3.63) is 72.1 Å². The van der Waals surface area contributed by atoms with Crippen LogP contribution in [0.4, 0.5) is 20.3 Å². The van der Waals surface area contributed by atoms with Crippen LogP contribution in [-0.2, 0) is 11.2 Å². The molecule has 7 nitrogen and oxygen atoms in total. The lowest BCUT2D eigenvalue weighted by Gasteiger charge is -2.08. The van der Waals surface area contributed by atoms with Gasteiger partial charge in [0.05, 0.1) is 12.0 Å². The number of anilines is 2. The summed E-state index contributed by atoms with van der Waals surface area (Å²) < 4.78 is 28.3. The average Bonchev–Trinajstić information content (AvgIpc) is 3.11. The Morgan fingerprint density at radius 2 is 1.86 bits per heavy atom. The van der Waals surface area contributed by atoms with Crippen molar-refractivity contribution in [1.82, 2.24) is 19.6 Å². The van der Waals surface area contributed by atoms with Gasteiger partial charge in [-0.2, -0.15) is 4.52 Å². The smallest absolute Gasteiger partial charge is 0.228 e. The molecule has 4 aromatic rings. The summed E-state index contributed by atoms with van der Waals surface area (Å²) in [5, 5.41) is 6.86. The van der Waals surface area contributed by atoms with Crippen LogP contribution in [0.1, 0.15) is 5.56 Å². The third-order valence-corrected chi connectivity index (χ3v) is 4.07. The molecule has 1 amide bonds. The van der Waals surface area contributed by atoms with Crippen LogP contribution in [-0.4, -0.2) is 25.5 Å². The molecule has 2 aromatic carbocycles. The third kappa shape index (κ3) is 3.37. The Kier molecular flexibility index (Phi) is 4.40. The molecule has 3 N–H and O–H groups in total. The molecule has 9 heteroatoms. The van der Waals surface area contributed by atoms with Crippen molar-refractivity contribution < 1.29 is 13.6 Å². The molecule has 0 radical (unpaired) electrons. The molecule has 0 unspecified atom stereocenters. The van der Waals surface area contributed by atoms with Gasteiger partial charge in [0.2, 0.25) is 5.91 Å². The largest absolute Gasteiger partial charge is 0.382 e. The van der Waals surface area contributed by atoms with E-state index in [4.69, 9.17) is 5.73 Å². The minimum Gasteiger partial charge on any atom is -0.382 e. The zero-order valence-electron chi connectivity index (χ0n) is 14.4. The number of rotatable bonds is 4. The molecule has 28 heavy (non-hydrogen) atoms. The molecule has 0 saturated heterocycles. The molecule has 0 fully saturated rings. The van der Waals surface area contributed by atoms with Crippen molar-refractivity contribution in [2.45, 2.75) is 6.42 Å². The molecular weight excluding hydrogens is 366 g/mol. The molecule has 0 saturated carbocycles. The normalized spacial score (nSPS) is 10.9. The first-order chi connectivity index (χ1) is 13.5. The minimum absolute atomic E-state index is 0.00901. The van der Waals surface area contributed by atoms with Crippen molar-refractivity contribution in [2.75, 3.05) is 11.1 Å². The molecule has 0 bridgehead atoms. The van der Waals surface area contributed by atoms with E-state index in [1.54, 1.807) is 18.2 Å². The highest BCUT2D eigenvalue weighted by atomic mass is 19.1. The molecule has 0 spiro atoms. The zero-order chi connectivity index (χ0) is 19.7. The van der Waals surface area contributed by atoms with Crippen LogP contribution < -0.4 is 11.1 Å². The van der Waals surface area contributed by atoms with E-state index in [2.05, 4.69) is 20.4 Å².